The number of hydrogen-bond donors (Lipinski definition) is 2. The monoisotopic (exact) mass is 286 g/mol. The molecule has 2 atom stereocenters. The van der Waals surface area contributed by atoms with Crippen LogP contribution >= 0.6 is 11.6 Å². The molecule has 2 heterocycles. The van der Waals surface area contributed by atoms with Crippen molar-refractivity contribution in [3.05, 3.63) is 22.8 Å². The summed E-state index contributed by atoms with van der Waals surface area (Å²) in [6.45, 7) is 2.51. The molecule has 0 amide bonds. The summed E-state index contributed by atoms with van der Waals surface area (Å²) in [6.07, 6.45) is 1.74. The van der Waals surface area contributed by atoms with Crippen molar-refractivity contribution >= 4 is 11.6 Å². The topological polar surface area (TPSA) is 65.8 Å². The average molecular weight is 287 g/mol. The van der Waals surface area contributed by atoms with Crippen LogP contribution in [-0.2, 0) is 6.54 Å². The van der Waals surface area contributed by atoms with Crippen molar-refractivity contribution in [2.45, 2.75) is 6.54 Å². The molecule has 19 heavy (non-hydrogen) atoms. The van der Waals surface area contributed by atoms with Gasteiger partial charge in [0.2, 0.25) is 5.88 Å². The van der Waals surface area contributed by atoms with Gasteiger partial charge in [-0.1, -0.05) is 11.6 Å². The zero-order valence-corrected chi connectivity index (χ0v) is 11.7. The van der Waals surface area contributed by atoms with Gasteiger partial charge in [0.15, 0.2) is 0 Å². The molecule has 6 heteroatoms. The smallest absolute Gasteiger partial charge is 0.232 e. The molecule has 0 unspecified atom stereocenters. The Bertz CT molecular complexity index is 418. The lowest BCUT2D eigenvalue weighted by Crippen LogP contribution is -2.21. The van der Waals surface area contributed by atoms with Crippen LogP contribution in [0.1, 0.15) is 5.56 Å². The first-order valence-corrected chi connectivity index (χ1v) is 6.68. The molecule has 0 radical (unpaired) electrons. The lowest BCUT2D eigenvalue weighted by molar-refractivity contribution is 0.152. The van der Waals surface area contributed by atoms with E-state index in [1.54, 1.807) is 6.20 Å². The van der Waals surface area contributed by atoms with Gasteiger partial charge in [-0.2, -0.15) is 0 Å². The van der Waals surface area contributed by atoms with Gasteiger partial charge in [-0.3, -0.25) is 4.90 Å². The number of hydrogen-bond acceptors (Lipinski definition) is 5. The van der Waals surface area contributed by atoms with Crippen LogP contribution in [0.25, 0.3) is 0 Å². The number of aliphatic hydroxyl groups is 2. The van der Waals surface area contributed by atoms with Crippen LogP contribution in [0.3, 0.4) is 0 Å². The second-order valence-corrected chi connectivity index (χ2v) is 5.32. The van der Waals surface area contributed by atoms with E-state index in [-0.39, 0.29) is 25.0 Å². The van der Waals surface area contributed by atoms with Gasteiger partial charge >= 0.3 is 0 Å². The van der Waals surface area contributed by atoms with Crippen LogP contribution < -0.4 is 4.74 Å². The molecule has 1 fully saturated rings. The Hall–Kier alpha value is -0.880. The third kappa shape index (κ3) is 3.36. The van der Waals surface area contributed by atoms with Gasteiger partial charge in [0.1, 0.15) is 5.02 Å². The van der Waals surface area contributed by atoms with E-state index in [0.29, 0.717) is 17.4 Å². The van der Waals surface area contributed by atoms with Crippen molar-refractivity contribution in [3.63, 3.8) is 0 Å². The Morgan fingerprint density at radius 3 is 2.47 bits per heavy atom. The van der Waals surface area contributed by atoms with Crippen LogP contribution in [-0.4, -0.2) is 53.5 Å². The lowest BCUT2D eigenvalue weighted by atomic mass is 9.98. The van der Waals surface area contributed by atoms with Crippen molar-refractivity contribution < 1.29 is 14.9 Å². The highest BCUT2D eigenvalue weighted by Gasteiger charge is 2.31. The molecule has 1 aliphatic rings. The molecule has 5 nitrogen and oxygen atoms in total. The Kier molecular flexibility index (Phi) is 4.99. The third-order valence-corrected chi connectivity index (χ3v) is 3.86. The summed E-state index contributed by atoms with van der Waals surface area (Å²) in [4.78, 5) is 6.33. The highest BCUT2D eigenvalue weighted by atomic mass is 35.5. The molecule has 2 rings (SSSR count). The van der Waals surface area contributed by atoms with Crippen molar-refractivity contribution in [1.82, 2.24) is 9.88 Å². The minimum absolute atomic E-state index is 0.114. The molecule has 1 aliphatic heterocycles. The fourth-order valence-corrected chi connectivity index (χ4v) is 2.80. The SMILES string of the molecule is COc1ncc(CN2C[C@@H](CO)[C@H](CO)C2)cc1Cl. The van der Waals surface area contributed by atoms with Crippen LogP contribution in [0.15, 0.2) is 12.3 Å². The van der Waals surface area contributed by atoms with Crippen molar-refractivity contribution in [1.29, 1.82) is 0 Å². The number of rotatable bonds is 5. The number of aromatic nitrogens is 1. The summed E-state index contributed by atoms with van der Waals surface area (Å²) in [6, 6.07) is 1.84. The molecular weight excluding hydrogens is 268 g/mol. The Balaban J connectivity index is 2.00. The zero-order valence-electron chi connectivity index (χ0n) is 10.9. The summed E-state index contributed by atoms with van der Waals surface area (Å²) < 4.78 is 5.02. The predicted molar refractivity (Wildman–Crippen MR) is 72.2 cm³/mol. The first kappa shape index (κ1) is 14.5. The highest BCUT2D eigenvalue weighted by molar-refractivity contribution is 6.31. The number of ether oxygens (including phenoxy) is 1. The predicted octanol–water partition coefficient (Wildman–Crippen LogP) is 0.776. The van der Waals surface area contributed by atoms with Crippen LogP contribution in [0, 0.1) is 11.8 Å². The largest absolute Gasteiger partial charge is 0.480 e. The first-order chi connectivity index (χ1) is 9.17. The number of halogens is 1. The maximum absolute atomic E-state index is 9.28. The normalized spacial score (nSPS) is 23.8. The molecule has 1 saturated heterocycles. The molecule has 0 spiro atoms. The summed E-state index contributed by atoms with van der Waals surface area (Å²) in [5.74, 6) is 0.715. The van der Waals surface area contributed by atoms with Gasteiger partial charge in [-0.05, 0) is 11.6 Å². The van der Waals surface area contributed by atoms with E-state index in [2.05, 4.69) is 9.88 Å². The number of nitrogens with zero attached hydrogens (tertiary/aromatic N) is 2. The lowest BCUT2D eigenvalue weighted by Gasteiger charge is -2.15. The molecule has 0 aromatic carbocycles. The molecule has 106 valence electrons. The molecule has 0 saturated carbocycles. The summed E-state index contributed by atoms with van der Waals surface area (Å²) >= 11 is 6.04. The minimum atomic E-state index is 0.114. The van der Waals surface area contributed by atoms with Crippen molar-refractivity contribution in [2.24, 2.45) is 11.8 Å². The van der Waals surface area contributed by atoms with E-state index in [1.807, 2.05) is 6.07 Å². The summed E-state index contributed by atoms with van der Waals surface area (Å²) in [5, 5.41) is 19.0. The summed E-state index contributed by atoms with van der Waals surface area (Å²) in [7, 11) is 1.53. The average Bonchev–Trinajstić information content (AvgIpc) is 2.81. The Morgan fingerprint density at radius 2 is 2.00 bits per heavy atom. The van der Waals surface area contributed by atoms with Gasteiger partial charge < -0.3 is 14.9 Å². The standard InChI is InChI=1S/C13H19ClN2O3/c1-19-13-12(14)2-9(3-15-13)4-16-5-10(7-17)11(6-16)8-18/h2-3,10-11,17-18H,4-8H2,1H3/t10-,11-/m0/s1. The fraction of sp³-hybridized carbons (Fsp3) is 0.615. The maximum Gasteiger partial charge on any atom is 0.232 e. The maximum atomic E-state index is 9.28. The van der Waals surface area contributed by atoms with Crippen molar-refractivity contribution in [3.8, 4) is 5.88 Å². The van der Waals surface area contributed by atoms with Gasteiger partial charge in [-0.15, -0.1) is 0 Å². The van der Waals surface area contributed by atoms with Gasteiger partial charge in [0, 0.05) is 50.9 Å². The van der Waals surface area contributed by atoms with E-state index in [9.17, 15) is 10.2 Å². The zero-order chi connectivity index (χ0) is 13.8. The van der Waals surface area contributed by atoms with Crippen molar-refractivity contribution in [2.75, 3.05) is 33.4 Å². The number of likely N-dealkylation sites (tertiary alicyclic amines) is 1. The van der Waals surface area contributed by atoms with E-state index in [1.165, 1.54) is 7.11 Å². The highest BCUT2D eigenvalue weighted by Crippen LogP contribution is 2.26. The molecule has 2 N–H and O–H groups in total. The molecule has 0 aliphatic carbocycles. The molecule has 0 bridgehead atoms. The molecule has 1 aromatic rings. The third-order valence-electron chi connectivity index (χ3n) is 3.58. The quantitative estimate of drug-likeness (QED) is 0.837. The number of pyridine rings is 1. The Morgan fingerprint density at radius 1 is 1.37 bits per heavy atom. The summed E-state index contributed by atoms with van der Waals surface area (Å²) in [5.41, 5.74) is 1.00. The van der Waals surface area contributed by atoms with Crippen LogP contribution in [0.5, 0.6) is 5.88 Å². The first-order valence-electron chi connectivity index (χ1n) is 6.30. The van der Waals surface area contributed by atoms with Gasteiger partial charge in [-0.25, -0.2) is 4.98 Å². The van der Waals surface area contributed by atoms with E-state index in [0.717, 1.165) is 18.7 Å². The fourth-order valence-electron chi connectivity index (χ4n) is 2.54. The second kappa shape index (κ2) is 6.52. The van der Waals surface area contributed by atoms with Gasteiger partial charge in [0.25, 0.3) is 0 Å². The van der Waals surface area contributed by atoms with Crippen LogP contribution in [0.4, 0.5) is 0 Å². The van der Waals surface area contributed by atoms with E-state index < -0.39 is 0 Å². The van der Waals surface area contributed by atoms with Crippen LogP contribution in [0.2, 0.25) is 5.02 Å². The number of methoxy groups -OCH3 is 1. The molecular formula is C13H19ClN2O3. The van der Waals surface area contributed by atoms with E-state index in [4.69, 9.17) is 16.3 Å². The second-order valence-electron chi connectivity index (χ2n) is 4.91. The minimum Gasteiger partial charge on any atom is -0.480 e. The van der Waals surface area contributed by atoms with E-state index >= 15 is 0 Å². The Labute approximate surface area is 117 Å². The van der Waals surface area contributed by atoms with Gasteiger partial charge in [0.05, 0.1) is 7.11 Å². The molecule has 1 aromatic heterocycles. The number of aliphatic hydroxyl groups excluding tert-OH is 2.